The molecule has 1 aromatic rings. The Bertz CT molecular complexity index is 404. The molecule has 86 valence electrons. The minimum absolute atomic E-state index is 0.186. The fourth-order valence-electron chi connectivity index (χ4n) is 1.31. The summed E-state index contributed by atoms with van der Waals surface area (Å²) in [4.78, 5) is 11.1. The molecule has 1 rings (SSSR count). The molecule has 0 aromatic heterocycles. The summed E-state index contributed by atoms with van der Waals surface area (Å²) >= 11 is 0. The van der Waals surface area contributed by atoms with E-state index in [0.29, 0.717) is 5.56 Å². The first-order chi connectivity index (χ1) is 7.58. The number of ether oxygens (including phenoxy) is 1. The molecule has 0 saturated heterocycles. The van der Waals surface area contributed by atoms with Crippen LogP contribution in [0.3, 0.4) is 0 Å². The summed E-state index contributed by atoms with van der Waals surface area (Å²) in [6.45, 7) is 5.11. The summed E-state index contributed by atoms with van der Waals surface area (Å²) in [5, 5.41) is 2.65. The molecule has 0 spiro atoms. The quantitative estimate of drug-likeness (QED) is 0.795. The summed E-state index contributed by atoms with van der Waals surface area (Å²) in [5.41, 5.74) is 0.675. The van der Waals surface area contributed by atoms with E-state index in [1.54, 1.807) is 13.0 Å². The Balaban J connectivity index is 2.84. The third-order valence-corrected chi connectivity index (χ3v) is 2.22. The summed E-state index contributed by atoms with van der Waals surface area (Å²) < 4.78 is 18.2. The number of benzene rings is 1. The Morgan fingerprint density at radius 2 is 2.31 bits per heavy atom. The van der Waals surface area contributed by atoms with E-state index in [9.17, 15) is 9.18 Å². The van der Waals surface area contributed by atoms with Crippen molar-refractivity contribution in [2.24, 2.45) is 0 Å². The van der Waals surface area contributed by atoms with E-state index >= 15 is 0 Å². The van der Waals surface area contributed by atoms with Gasteiger partial charge in [-0.05, 0) is 30.7 Å². The maximum atomic E-state index is 13.4. The van der Waals surface area contributed by atoms with Gasteiger partial charge in [-0.25, -0.2) is 4.39 Å². The van der Waals surface area contributed by atoms with Gasteiger partial charge in [0.2, 0.25) is 5.91 Å². The first-order valence-corrected chi connectivity index (χ1v) is 4.85. The van der Waals surface area contributed by atoms with Crippen LogP contribution in [0.15, 0.2) is 30.9 Å². The molecule has 3 nitrogen and oxygen atoms in total. The van der Waals surface area contributed by atoms with E-state index in [0.717, 1.165) is 0 Å². The molecule has 0 aliphatic carbocycles. The second-order valence-corrected chi connectivity index (χ2v) is 3.33. The highest BCUT2D eigenvalue weighted by Crippen LogP contribution is 2.21. The lowest BCUT2D eigenvalue weighted by atomic mass is 10.1. The zero-order valence-corrected chi connectivity index (χ0v) is 9.29. The third kappa shape index (κ3) is 2.82. The molecule has 0 aliphatic heterocycles. The van der Waals surface area contributed by atoms with Crippen molar-refractivity contribution < 1.29 is 13.9 Å². The van der Waals surface area contributed by atoms with Crippen molar-refractivity contribution in [3.05, 3.63) is 42.2 Å². The zero-order valence-electron chi connectivity index (χ0n) is 9.29. The molecule has 0 saturated carbocycles. The van der Waals surface area contributed by atoms with Gasteiger partial charge in [0.05, 0.1) is 13.2 Å². The Hall–Kier alpha value is -1.84. The zero-order chi connectivity index (χ0) is 12.1. The van der Waals surface area contributed by atoms with Gasteiger partial charge >= 0.3 is 0 Å². The summed E-state index contributed by atoms with van der Waals surface area (Å²) in [6, 6.07) is 4.30. The molecule has 1 N–H and O–H groups in total. The lowest BCUT2D eigenvalue weighted by Crippen LogP contribution is -2.24. The van der Waals surface area contributed by atoms with Gasteiger partial charge in [-0.3, -0.25) is 4.79 Å². The number of hydrogen-bond donors (Lipinski definition) is 1. The van der Waals surface area contributed by atoms with Crippen molar-refractivity contribution in [3.63, 3.8) is 0 Å². The van der Waals surface area contributed by atoms with Crippen LogP contribution in [0.2, 0.25) is 0 Å². The van der Waals surface area contributed by atoms with Gasteiger partial charge in [-0.1, -0.05) is 12.6 Å². The van der Waals surface area contributed by atoms with Crippen molar-refractivity contribution >= 4 is 5.91 Å². The first-order valence-electron chi connectivity index (χ1n) is 4.85. The fraction of sp³-hybridized carbons (Fsp3) is 0.250. The maximum Gasteiger partial charge on any atom is 0.243 e. The summed E-state index contributed by atoms with van der Waals surface area (Å²) in [5.74, 6) is -0.547. The lowest BCUT2D eigenvalue weighted by Gasteiger charge is -2.13. The predicted molar refractivity (Wildman–Crippen MR) is 59.7 cm³/mol. The average molecular weight is 223 g/mol. The standard InChI is InChI=1S/C12H14FNO2/c1-4-12(15)14-8(2)9-5-6-11(16-3)10(13)7-9/h4-8H,1H2,2-3H3,(H,14,15). The Morgan fingerprint density at radius 1 is 1.62 bits per heavy atom. The van der Waals surface area contributed by atoms with Gasteiger partial charge in [0.25, 0.3) is 0 Å². The van der Waals surface area contributed by atoms with E-state index in [1.165, 1.54) is 25.3 Å². The van der Waals surface area contributed by atoms with Crippen LogP contribution in [0.25, 0.3) is 0 Å². The molecule has 1 aromatic carbocycles. The number of amides is 1. The van der Waals surface area contributed by atoms with Crippen LogP contribution in [0, 0.1) is 5.82 Å². The lowest BCUT2D eigenvalue weighted by molar-refractivity contribution is -0.117. The van der Waals surface area contributed by atoms with Crippen molar-refractivity contribution in [2.45, 2.75) is 13.0 Å². The predicted octanol–water partition coefficient (Wildman–Crippen LogP) is 2.20. The number of nitrogens with one attached hydrogen (secondary N) is 1. The number of hydrogen-bond acceptors (Lipinski definition) is 2. The Labute approximate surface area is 93.9 Å². The Kier molecular flexibility index (Phi) is 4.05. The van der Waals surface area contributed by atoms with Gasteiger partial charge < -0.3 is 10.1 Å². The van der Waals surface area contributed by atoms with E-state index in [4.69, 9.17) is 4.74 Å². The summed E-state index contributed by atoms with van der Waals surface area (Å²) in [7, 11) is 1.40. The van der Waals surface area contributed by atoms with Crippen LogP contribution >= 0.6 is 0 Å². The minimum Gasteiger partial charge on any atom is -0.494 e. The molecule has 16 heavy (non-hydrogen) atoms. The van der Waals surface area contributed by atoms with E-state index in [1.807, 2.05) is 0 Å². The second kappa shape index (κ2) is 5.30. The van der Waals surface area contributed by atoms with Gasteiger partial charge in [0, 0.05) is 0 Å². The van der Waals surface area contributed by atoms with Crippen LogP contribution < -0.4 is 10.1 Å². The molecule has 0 radical (unpaired) electrons. The van der Waals surface area contributed by atoms with Crippen LogP contribution in [-0.2, 0) is 4.79 Å². The number of halogens is 1. The first kappa shape index (κ1) is 12.2. The molecule has 4 heteroatoms. The maximum absolute atomic E-state index is 13.4. The highest BCUT2D eigenvalue weighted by atomic mass is 19.1. The third-order valence-electron chi connectivity index (χ3n) is 2.22. The van der Waals surface area contributed by atoms with Crippen LogP contribution in [0.4, 0.5) is 4.39 Å². The smallest absolute Gasteiger partial charge is 0.243 e. The molecule has 0 fully saturated rings. The topological polar surface area (TPSA) is 38.3 Å². The molecule has 1 amide bonds. The number of methoxy groups -OCH3 is 1. The van der Waals surface area contributed by atoms with E-state index in [-0.39, 0.29) is 17.7 Å². The second-order valence-electron chi connectivity index (χ2n) is 3.33. The SMILES string of the molecule is C=CC(=O)NC(C)c1ccc(OC)c(F)c1. The van der Waals surface area contributed by atoms with Gasteiger partial charge in [0.1, 0.15) is 0 Å². The number of carbonyl (C=O) groups excluding carboxylic acids is 1. The normalized spacial score (nSPS) is 11.7. The van der Waals surface area contributed by atoms with Crippen molar-refractivity contribution in [2.75, 3.05) is 7.11 Å². The number of carbonyl (C=O) groups is 1. The average Bonchev–Trinajstić information content (AvgIpc) is 2.28. The highest BCUT2D eigenvalue weighted by molar-refractivity contribution is 5.87. The van der Waals surface area contributed by atoms with Crippen LogP contribution in [-0.4, -0.2) is 13.0 Å². The molecular formula is C12H14FNO2. The van der Waals surface area contributed by atoms with Crippen molar-refractivity contribution in [3.8, 4) is 5.75 Å². The minimum atomic E-state index is -0.445. The van der Waals surface area contributed by atoms with E-state index < -0.39 is 5.82 Å². The molecule has 0 aliphatic rings. The Morgan fingerprint density at radius 3 is 2.81 bits per heavy atom. The van der Waals surface area contributed by atoms with Gasteiger partial charge in [-0.2, -0.15) is 0 Å². The molecule has 0 bridgehead atoms. The van der Waals surface area contributed by atoms with Crippen LogP contribution in [0.1, 0.15) is 18.5 Å². The van der Waals surface area contributed by atoms with Crippen LogP contribution in [0.5, 0.6) is 5.75 Å². The molecular weight excluding hydrogens is 209 g/mol. The van der Waals surface area contributed by atoms with Gasteiger partial charge in [0.15, 0.2) is 11.6 Å². The molecule has 1 unspecified atom stereocenters. The van der Waals surface area contributed by atoms with Crippen molar-refractivity contribution in [1.29, 1.82) is 0 Å². The highest BCUT2D eigenvalue weighted by Gasteiger charge is 2.10. The van der Waals surface area contributed by atoms with Gasteiger partial charge in [-0.15, -0.1) is 0 Å². The van der Waals surface area contributed by atoms with E-state index in [2.05, 4.69) is 11.9 Å². The summed E-state index contributed by atoms with van der Waals surface area (Å²) in [6.07, 6.45) is 1.18. The number of rotatable bonds is 4. The molecule has 1 atom stereocenters. The molecule has 0 heterocycles. The fourth-order valence-corrected chi connectivity index (χ4v) is 1.31. The largest absolute Gasteiger partial charge is 0.494 e. The monoisotopic (exact) mass is 223 g/mol. The van der Waals surface area contributed by atoms with Crippen molar-refractivity contribution in [1.82, 2.24) is 5.32 Å².